The first-order chi connectivity index (χ1) is 18.7. The molecule has 5 nitrogen and oxygen atoms in total. The van der Waals surface area contributed by atoms with Crippen molar-refractivity contribution in [2.24, 2.45) is 0 Å². The second-order valence-corrected chi connectivity index (χ2v) is 8.58. The van der Waals surface area contributed by atoms with Crippen molar-refractivity contribution in [3.63, 3.8) is 0 Å². The number of aromatic amines is 1. The third-order valence-corrected chi connectivity index (χ3v) is 6.37. The Morgan fingerprint density at radius 1 is 0.474 bits per heavy atom. The smallest absolute Gasteiger partial charge is 0.205 e. The maximum atomic E-state index is 5.69. The van der Waals surface area contributed by atoms with Crippen LogP contribution in [-0.4, -0.2) is 26.3 Å². The molecule has 0 aliphatic rings. The Labute approximate surface area is 222 Å². The van der Waals surface area contributed by atoms with E-state index in [4.69, 9.17) is 14.2 Å². The van der Waals surface area contributed by atoms with Gasteiger partial charge in [-0.15, -0.1) is 0 Å². The van der Waals surface area contributed by atoms with Crippen LogP contribution in [0.25, 0.3) is 21.8 Å². The van der Waals surface area contributed by atoms with E-state index < -0.39 is 0 Å². The highest BCUT2D eigenvalue weighted by Crippen LogP contribution is 2.48. The van der Waals surface area contributed by atoms with Crippen molar-refractivity contribution in [2.45, 2.75) is 0 Å². The number of anilines is 3. The molecular formula is C33H30N2O3. The van der Waals surface area contributed by atoms with Crippen molar-refractivity contribution in [3.05, 3.63) is 121 Å². The van der Waals surface area contributed by atoms with E-state index in [9.17, 15) is 0 Å². The summed E-state index contributed by atoms with van der Waals surface area (Å²) in [6, 6.07) is 40.9. The second kappa shape index (κ2) is 11.4. The summed E-state index contributed by atoms with van der Waals surface area (Å²) in [5.74, 6) is 1.82. The quantitative estimate of drug-likeness (QED) is 0.248. The van der Waals surface area contributed by atoms with Gasteiger partial charge in [0.25, 0.3) is 0 Å². The molecule has 0 amide bonds. The average Bonchev–Trinajstić information content (AvgIpc) is 3.37. The number of aromatic nitrogens is 1. The van der Waals surface area contributed by atoms with Crippen molar-refractivity contribution >= 4 is 38.9 Å². The number of H-pyrrole nitrogens is 1. The molecule has 0 fully saturated rings. The predicted molar refractivity (Wildman–Crippen MR) is 157 cm³/mol. The summed E-state index contributed by atoms with van der Waals surface area (Å²) >= 11 is 0. The first-order valence-corrected chi connectivity index (χ1v) is 12.4. The Kier molecular flexibility index (Phi) is 7.46. The highest BCUT2D eigenvalue weighted by atomic mass is 16.5. The fourth-order valence-corrected chi connectivity index (χ4v) is 4.64. The van der Waals surface area contributed by atoms with E-state index in [1.807, 2.05) is 48.5 Å². The van der Waals surface area contributed by atoms with Crippen molar-refractivity contribution in [1.29, 1.82) is 0 Å². The van der Waals surface area contributed by atoms with E-state index in [0.717, 1.165) is 17.1 Å². The summed E-state index contributed by atoms with van der Waals surface area (Å²) in [6.07, 6.45) is 0. The molecule has 1 aromatic heterocycles. The van der Waals surface area contributed by atoms with Gasteiger partial charge in [-0.25, -0.2) is 0 Å². The molecule has 6 rings (SSSR count). The molecule has 1 N–H and O–H groups in total. The molecular weight excluding hydrogens is 472 g/mol. The molecule has 6 aromatic rings. The Hall–Kier alpha value is -4.90. The summed E-state index contributed by atoms with van der Waals surface area (Å²) < 4.78 is 16.6. The maximum absolute atomic E-state index is 5.69. The lowest BCUT2D eigenvalue weighted by Gasteiger charge is -2.28. The number of fused-ring (bicyclic) bond motifs is 3. The molecule has 38 heavy (non-hydrogen) atoms. The number of nitrogens with one attached hydrogen (secondary N) is 1. The van der Waals surface area contributed by atoms with Crippen LogP contribution < -0.4 is 19.1 Å². The summed E-state index contributed by atoms with van der Waals surface area (Å²) in [5, 5.41) is 2.61. The molecule has 0 spiro atoms. The standard InChI is InChI=1S/C21H21NO3.C12H9N/c1-23-19-15-14-18(20(24-2)21(19)25-3)22(16-10-6-4-7-11-16)17-12-8-5-9-13-17;1-3-7-11-9(5-1)10-6-2-4-8-12(10)13-11/h4-15H,1-3H3;1-8,13H. The van der Waals surface area contributed by atoms with Gasteiger partial charge in [-0.05, 0) is 48.5 Å². The van der Waals surface area contributed by atoms with E-state index in [2.05, 4.69) is 82.7 Å². The van der Waals surface area contributed by atoms with Crippen molar-refractivity contribution < 1.29 is 14.2 Å². The molecule has 0 aliphatic carbocycles. The van der Waals surface area contributed by atoms with Crippen molar-refractivity contribution in [1.82, 2.24) is 4.98 Å². The minimum Gasteiger partial charge on any atom is -0.493 e. The molecule has 1 heterocycles. The van der Waals surface area contributed by atoms with Gasteiger partial charge in [-0.2, -0.15) is 0 Å². The van der Waals surface area contributed by atoms with Crippen LogP contribution in [0.1, 0.15) is 0 Å². The van der Waals surface area contributed by atoms with E-state index in [1.54, 1.807) is 21.3 Å². The molecule has 0 saturated carbocycles. The Bertz CT molecular complexity index is 1540. The molecule has 0 atom stereocenters. The molecule has 0 bridgehead atoms. The molecule has 0 aliphatic heterocycles. The summed E-state index contributed by atoms with van der Waals surface area (Å²) in [5.41, 5.74) is 5.35. The van der Waals surface area contributed by atoms with E-state index in [0.29, 0.717) is 17.2 Å². The lowest BCUT2D eigenvalue weighted by atomic mass is 10.1. The first kappa shape index (κ1) is 24.8. The van der Waals surface area contributed by atoms with Crippen LogP contribution in [0.15, 0.2) is 121 Å². The van der Waals surface area contributed by atoms with Crippen LogP contribution >= 0.6 is 0 Å². The Balaban J connectivity index is 0.000000187. The normalized spacial score (nSPS) is 10.5. The third-order valence-electron chi connectivity index (χ3n) is 6.37. The molecule has 190 valence electrons. The third kappa shape index (κ3) is 4.87. The number of rotatable bonds is 6. The summed E-state index contributed by atoms with van der Waals surface area (Å²) in [7, 11) is 4.86. The van der Waals surface area contributed by atoms with Gasteiger partial charge in [0.05, 0.1) is 27.0 Å². The zero-order valence-corrected chi connectivity index (χ0v) is 21.7. The Morgan fingerprint density at radius 3 is 1.42 bits per heavy atom. The summed E-state index contributed by atoms with van der Waals surface area (Å²) in [4.78, 5) is 5.50. The SMILES string of the molecule is COc1ccc(N(c2ccccc2)c2ccccc2)c(OC)c1OC.c1ccc2c(c1)[nH]c1ccccc12. The van der Waals surface area contributed by atoms with Crippen molar-refractivity contribution in [3.8, 4) is 17.2 Å². The number of para-hydroxylation sites is 4. The molecule has 0 saturated heterocycles. The van der Waals surface area contributed by atoms with Crippen LogP contribution in [0.3, 0.4) is 0 Å². The van der Waals surface area contributed by atoms with Crippen LogP contribution in [0.4, 0.5) is 17.1 Å². The molecule has 5 aromatic carbocycles. The van der Waals surface area contributed by atoms with Gasteiger partial charge in [0, 0.05) is 33.2 Å². The first-order valence-electron chi connectivity index (χ1n) is 12.4. The number of hydrogen-bond donors (Lipinski definition) is 1. The maximum Gasteiger partial charge on any atom is 0.205 e. The van der Waals surface area contributed by atoms with E-state index in [1.165, 1.54) is 21.8 Å². The number of hydrogen-bond acceptors (Lipinski definition) is 4. The van der Waals surface area contributed by atoms with Crippen molar-refractivity contribution in [2.75, 3.05) is 26.2 Å². The fourth-order valence-electron chi connectivity index (χ4n) is 4.64. The highest BCUT2D eigenvalue weighted by molar-refractivity contribution is 6.06. The minimum absolute atomic E-state index is 0.569. The van der Waals surface area contributed by atoms with Gasteiger partial charge in [-0.1, -0.05) is 72.8 Å². The number of nitrogens with zero attached hydrogens (tertiary/aromatic N) is 1. The number of methoxy groups -OCH3 is 3. The van der Waals surface area contributed by atoms with Gasteiger partial charge >= 0.3 is 0 Å². The molecule has 0 unspecified atom stereocenters. The van der Waals surface area contributed by atoms with Gasteiger partial charge < -0.3 is 24.1 Å². The van der Waals surface area contributed by atoms with E-state index >= 15 is 0 Å². The van der Waals surface area contributed by atoms with Gasteiger partial charge in [-0.3, -0.25) is 0 Å². The van der Waals surface area contributed by atoms with Gasteiger partial charge in [0.1, 0.15) is 0 Å². The molecule has 0 radical (unpaired) electrons. The lowest BCUT2D eigenvalue weighted by Crippen LogP contribution is -2.11. The zero-order chi connectivity index (χ0) is 26.3. The van der Waals surface area contributed by atoms with Crippen LogP contribution in [0.5, 0.6) is 17.2 Å². The molecule has 5 heteroatoms. The Morgan fingerprint density at radius 2 is 0.947 bits per heavy atom. The van der Waals surface area contributed by atoms with Gasteiger partial charge in [0.2, 0.25) is 5.75 Å². The van der Waals surface area contributed by atoms with Crippen LogP contribution in [0, 0.1) is 0 Å². The average molecular weight is 503 g/mol. The zero-order valence-electron chi connectivity index (χ0n) is 21.7. The number of benzene rings is 5. The minimum atomic E-state index is 0.569. The predicted octanol–water partition coefficient (Wildman–Crippen LogP) is 8.50. The number of ether oxygens (including phenoxy) is 3. The second-order valence-electron chi connectivity index (χ2n) is 8.58. The fraction of sp³-hybridized carbons (Fsp3) is 0.0909. The van der Waals surface area contributed by atoms with Gasteiger partial charge in [0.15, 0.2) is 11.5 Å². The largest absolute Gasteiger partial charge is 0.493 e. The topological polar surface area (TPSA) is 46.7 Å². The van der Waals surface area contributed by atoms with E-state index in [-0.39, 0.29) is 0 Å². The van der Waals surface area contributed by atoms with Crippen LogP contribution in [-0.2, 0) is 0 Å². The highest BCUT2D eigenvalue weighted by Gasteiger charge is 2.22. The summed E-state index contributed by atoms with van der Waals surface area (Å²) in [6.45, 7) is 0. The lowest BCUT2D eigenvalue weighted by molar-refractivity contribution is 0.325. The monoisotopic (exact) mass is 502 g/mol. The van der Waals surface area contributed by atoms with Crippen LogP contribution in [0.2, 0.25) is 0 Å².